The summed E-state index contributed by atoms with van der Waals surface area (Å²) in [5, 5.41) is 12.7. The van der Waals surface area contributed by atoms with Crippen molar-refractivity contribution < 1.29 is 23.8 Å². The molecule has 0 saturated heterocycles. The molecule has 3 N–H and O–H groups in total. The molecule has 9 nitrogen and oxygen atoms in total. The van der Waals surface area contributed by atoms with E-state index in [2.05, 4.69) is 20.8 Å². The Hall–Kier alpha value is -4.79. The second kappa shape index (κ2) is 11.1. The topological polar surface area (TPSA) is 115 Å². The van der Waals surface area contributed by atoms with Crippen LogP contribution in [0.5, 0.6) is 17.2 Å². The van der Waals surface area contributed by atoms with Crippen molar-refractivity contribution in [3.63, 3.8) is 0 Å². The van der Waals surface area contributed by atoms with Gasteiger partial charge >= 0.3 is 0 Å². The van der Waals surface area contributed by atoms with Gasteiger partial charge in [-0.05, 0) is 65.6 Å². The van der Waals surface area contributed by atoms with E-state index in [9.17, 15) is 9.59 Å². The van der Waals surface area contributed by atoms with Crippen LogP contribution in [0.15, 0.2) is 73.1 Å². The molecule has 9 heteroatoms. The summed E-state index contributed by atoms with van der Waals surface area (Å²) in [6, 6.07) is 18.4. The van der Waals surface area contributed by atoms with Crippen LogP contribution in [0.4, 0.5) is 5.69 Å². The highest BCUT2D eigenvalue weighted by Crippen LogP contribution is 2.32. The maximum atomic E-state index is 13.3. The molecule has 0 saturated carbocycles. The zero-order valence-corrected chi connectivity index (χ0v) is 21.1. The molecule has 1 unspecified atom stereocenters. The number of hydrogen-bond acceptors (Lipinski definition) is 6. The lowest BCUT2D eigenvalue weighted by molar-refractivity contribution is -0.121. The third-order valence-corrected chi connectivity index (χ3v) is 6.51. The summed E-state index contributed by atoms with van der Waals surface area (Å²) in [7, 11) is 3.21. The van der Waals surface area contributed by atoms with E-state index in [1.54, 1.807) is 38.7 Å². The van der Waals surface area contributed by atoms with Gasteiger partial charge in [0.05, 0.1) is 37.6 Å². The van der Waals surface area contributed by atoms with Gasteiger partial charge in [-0.3, -0.25) is 14.7 Å². The van der Waals surface area contributed by atoms with Crippen LogP contribution in [0, 0.1) is 5.92 Å². The summed E-state index contributed by atoms with van der Waals surface area (Å²) < 4.78 is 16.3. The van der Waals surface area contributed by atoms with Crippen molar-refractivity contribution in [3.05, 3.63) is 89.7 Å². The minimum absolute atomic E-state index is 0.223. The van der Waals surface area contributed by atoms with Gasteiger partial charge in [-0.25, -0.2) is 0 Å². The van der Waals surface area contributed by atoms with Crippen LogP contribution in [0.1, 0.15) is 21.5 Å². The molecule has 0 fully saturated rings. The molecule has 0 spiro atoms. The highest BCUT2D eigenvalue weighted by Gasteiger charge is 2.27. The summed E-state index contributed by atoms with van der Waals surface area (Å²) >= 11 is 0. The standard InChI is InChI=1S/C29H28N4O5/c1-36-23-6-3-18(4-7-23)14-30-29(35)25-13-19(22-15-31-32-16-22)5-9-26(25)33-28(34)21-11-20-12-24(37-2)8-10-27(20)38-17-21/h3-10,12-13,15-16,21H,11,14,17H2,1-2H3,(H,30,35)(H,31,32)(H,33,34). The first-order valence-corrected chi connectivity index (χ1v) is 12.2. The number of H-pyrrole nitrogens is 1. The number of aromatic amines is 1. The van der Waals surface area contributed by atoms with E-state index in [-0.39, 0.29) is 18.4 Å². The SMILES string of the molecule is COc1ccc(CNC(=O)c2cc(-c3cn[nH]c3)ccc2NC(=O)C2COc3ccc(OC)cc3C2)cc1. The van der Waals surface area contributed by atoms with Gasteiger partial charge in [-0.15, -0.1) is 0 Å². The van der Waals surface area contributed by atoms with E-state index in [1.165, 1.54) is 0 Å². The zero-order chi connectivity index (χ0) is 26.5. The Morgan fingerprint density at radius 1 is 1.00 bits per heavy atom. The van der Waals surface area contributed by atoms with Crippen LogP contribution < -0.4 is 24.8 Å². The number of benzene rings is 3. The lowest BCUT2D eigenvalue weighted by Gasteiger charge is -2.25. The first kappa shape index (κ1) is 24.9. The van der Waals surface area contributed by atoms with Crippen molar-refractivity contribution in [2.75, 3.05) is 26.1 Å². The first-order valence-electron chi connectivity index (χ1n) is 12.2. The molecule has 1 aromatic heterocycles. The second-order valence-corrected chi connectivity index (χ2v) is 8.95. The fraction of sp³-hybridized carbons (Fsp3) is 0.207. The maximum absolute atomic E-state index is 13.3. The predicted octanol–water partition coefficient (Wildman–Crippen LogP) is 4.21. The minimum atomic E-state index is -0.418. The molecule has 0 aliphatic carbocycles. The van der Waals surface area contributed by atoms with Gasteiger partial charge < -0.3 is 24.8 Å². The second-order valence-electron chi connectivity index (χ2n) is 8.95. The number of rotatable bonds is 8. The van der Waals surface area contributed by atoms with Gasteiger partial charge in [0, 0.05) is 18.3 Å². The van der Waals surface area contributed by atoms with Gasteiger partial charge in [-0.2, -0.15) is 5.10 Å². The lowest BCUT2D eigenvalue weighted by atomic mass is 9.95. The number of aromatic nitrogens is 2. The summed E-state index contributed by atoms with van der Waals surface area (Å²) in [6.07, 6.45) is 3.93. The van der Waals surface area contributed by atoms with Gasteiger partial charge in [0.1, 0.15) is 23.9 Å². The van der Waals surface area contributed by atoms with E-state index in [1.807, 2.05) is 48.5 Å². The van der Waals surface area contributed by atoms with E-state index in [0.29, 0.717) is 30.0 Å². The van der Waals surface area contributed by atoms with E-state index < -0.39 is 5.92 Å². The van der Waals surface area contributed by atoms with Crippen LogP contribution >= 0.6 is 0 Å². The van der Waals surface area contributed by atoms with Crippen LogP contribution in [-0.2, 0) is 17.8 Å². The molecule has 0 bridgehead atoms. The number of hydrogen-bond donors (Lipinski definition) is 3. The molecule has 2 amide bonds. The summed E-state index contributed by atoms with van der Waals surface area (Å²) in [4.78, 5) is 26.6. The van der Waals surface area contributed by atoms with Gasteiger partial charge in [0.2, 0.25) is 5.91 Å². The number of methoxy groups -OCH3 is 2. The number of carbonyl (C=O) groups excluding carboxylic acids is 2. The number of nitrogens with zero attached hydrogens (tertiary/aromatic N) is 1. The van der Waals surface area contributed by atoms with Gasteiger partial charge in [0.15, 0.2) is 0 Å². The Labute approximate surface area is 220 Å². The summed E-state index contributed by atoms with van der Waals surface area (Å²) in [5.41, 5.74) is 4.23. The van der Waals surface area contributed by atoms with Crippen molar-refractivity contribution in [2.45, 2.75) is 13.0 Å². The molecule has 2 heterocycles. The molecule has 5 rings (SSSR count). The predicted molar refractivity (Wildman–Crippen MR) is 143 cm³/mol. The normalized spacial score (nSPS) is 14.1. The average Bonchev–Trinajstić information content (AvgIpc) is 3.51. The molecule has 1 aliphatic rings. The first-order chi connectivity index (χ1) is 18.5. The molecular weight excluding hydrogens is 484 g/mol. The highest BCUT2D eigenvalue weighted by atomic mass is 16.5. The number of amides is 2. The van der Waals surface area contributed by atoms with E-state index in [4.69, 9.17) is 14.2 Å². The number of carbonyl (C=O) groups is 2. The lowest BCUT2D eigenvalue weighted by Crippen LogP contribution is -2.33. The third kappa shape index (κ3) is 5.46. The number of nitrogens with one attached hydrogen (secondary N) is 3. The Balaban J connectivity index is 1.35. The average molecular weight is 513 g/mol. The van der Waals surface area contributed by atoms with Crippen molar-refractivity contribution >= 4 is 17.5 Å². The molecular formula is C29H28N4O5. The third-order valence-electron chi connectivity index (χ3n) is 6.51. The van der Waals surface area contributed by atoms with Crippen LogP contribution in [0.25, 0.3) is 11.1 Å². The molecule has 0 radical (unpaired) electrons. The Morgan fingerprint density at radius 3 is 2.53 bits per heavy atom. The monoisotopic (exact) mass is 512 g/mol. The molecule has 1 aliphatic heterocycles. The fourth-order valence-electron chi connectivity index (χ4n) is 4.35. The van der Waals surface area contributed by atoms with E-state index >= 15 is 0 Å². The Bertz CT molecular complexity index is 1430. The Morgan fingerprint density at radius 2 is 1.79 bits per heavy atom. The number of anilines is 1. The van der Waals surface area contributed by atoms with Crippen LogP contribution in [0.2, 0.25) is 0 Å². The van der Waals surface area contributed by atoms with Crippen molar-refractivity contribution in [2.24, 2.45) is 5.92 Å². The van der Waals surface area contributed by atoms with Crippen LogP contribution in [0.3, 0.4) is 0 Å². The molecule has 1 atom stereocenters. The van der Waals surface area contributed by atoms with Gasteiger partial charge in [-0.1, -0.05) is 18.2 Å². The zero-order valence-electron chi connectivity index (χ0n) is 21.1. The molecule has 3 aromatic carbocycles. The number of ether oxygens (including phenoxy) is 3. The fourth-order valence-corrected chi connectivity index (χ4v) is 4.35. The maximum Gasteiger partial charge on any atom is 0.253 e. The smallest absolute Gasteiger partial charge is 0.253 e. The summed E-state index contributed by atoms with van der Waals surface area (Å²) in [6.45, 7) is 0.568. The molecule has 194 valence electrons. The molecule has 4 aromatic rings. The van der Waals surface area contributed by atoms with Crippen molar-refractivity contribution in [3.8, 4) is 28.4 Å². The van der Waals surface area contributed by atoms with E-state index in [0.717, 1.165) is 33.8 Å². The largest absolute Gasteiger partial charge is 0.497 e. The quantitative estimate of drug-likeness (QED) is 0.326. The van der Waals surface area contributed by atoms with Crippen molar-refractivity contribution in [1.29, 1.82) is 0 Å². The summed E-state index contributed by atoms with van der Waals surface area (Å²) in [5.74, 6) is 1.25. The van der Waals surface area contributed by atoms with Crippen LogP contribution in [-0.4, -0.2) is 42.8 Å². The van der Waals surface area contributed by atoms with Crippen molar-refractivity contribution in [1.82, 2.24) is 15.5 Å². The van der Waals surface area contributed by atoms with Gasteiger partial charge in [0.25, 0.3) is 5.91 Å². The minimum Gasteiger partial charge on any atom is -0.497 e. The Kier molecular flexibility index (Phi) is 7.26. The number of fused-ring (bicyclic) bond motifs is 1. The highest BCUT2D eigenvalue weighted by molar-refractivity contribution is 6.05. The molecule has 38 heavy (non-hydrogen) atoms.